The second kappa shape index (κ2) is 9.10. The van der Waals surface area contributed by atoms with Crippen molar-refractivity contribution in [3.05, 3.63) is 40.3 Å². The fourth-order valence-electron chi connectivity index (χ4n) is 3.45. The van der Waals surface area contributed by atoms with Crippen LogP contribution in [0.15, 0.2) is 29.1 Å². The zero-order valence-corrected chi connectivity index (χ0v) is 16.1. The first kappa shape index (κ1) is 19.5. The molecule has 0 aliphatic carbocycles. The summed E-state index contributed by atoms with van der Waals surface area (Å²) in [5, 5.41) is 8.92. The Bertz CT molecular complexity index is 843. The Balaban J connectivity index is 1.73. The molecule has 1 saturated heterocycles. The van der Waals surface area contributed by atoms with Crippen molar-refractivity contribution in [2.45, 2.75) is 39.3 Å². The number of carbonyl (C=O) groups is 1. The molecule has 1 aliphatic heterocycles. The largest absolute Gasteiger partial charge is 0.379 e. The molecule has 27 heavy (non-hydrogen) atoms. The van der Waals surface area contributed by atoms with Crippen LogP contribution in [-0.2, 0) is 22.5 Å². The first-order valence-electron chi connectivity index (χ1n) is 9.70. The number of amides is 1. The van der Waals surface area contributed by atoms with E-state index >= 15 is 0 Å². The van der Waals surface area contributed by atoms with Gasteiger partial charge in [0.1, 0.15) is 0 Å². The predicted octanol–water partition coefficient (Wildman–Crippen LogP) is 1.19. The molecule has 1 atom stereocenters. The molecule has 1 aromatic heterocycles. The maximum atomic E-state index is 12.7. The molecule has 7 nitrogen and oxygen atoms in total. The van der Waals surface area contributed by atoms with Crippen LogP contribution in [0.1, 0.15) is 26.0 Å². The number of aryl methyl sites for hydroxylation is 1. The normalized spacial score (nSPS) is 16.4. The van der Waals surface area contributed by atoms with Crippen LogP contribution in [0.3, 0.4) is 0 Å². The topological polar surface area (TPSA) is 76.5 Å². The van der Waals surface area contributed by atoms with Crippen LogP contribution in [0.25, 0.3) is 10.8 Å². The lowest BCUT2D eigenvalue weighted by Gasteiger charge is -2.30. The Morgan fingerprint density at radius 1 is 1.22 bits per heavy atom. The molecule has 0 spiro atoms. The average Bonchev–Trinajstić information content (AvgIpc) is 2.70. The number of rotatable bonds is 7. The number of hydrogen-bond donors (Lipinski definition) is 1. The van der Waals surface area contributed by atoms with Crippen LogP contribution in [0, 0.1) is 0 Å². The van der Waals surface area contributed by atoms with Crippen molar-refractivity contribution in [1.82, 2.24) is 20.0 Å². The van der Waals surface area contributed by atoms with Gasteiger partial charge in [-0.2, -0.15) is 5.10 Å². The lowest BCUT2D eigenvalue weighted by Crippen LogP contribution is -2.47. The van der Waals surface area contributed by atoms with E-state index in [-0.39, 0.29) is 23.9 Å². The molecular weight excluding hydrogens is 344 g/mol. The number of aromatic nitrogens is 2. The third-order valence-electron chi connectivity index (χ3n) is 5.01. The highest BCUT2D eigenvalue weighted by Crippen LogP contribution is 2.14. The molecule has 2 aromatic rings. The Hall–Kier alpha value is -2.25. The van der Waals surface area contributed by atoms with Crippen molar-refractivity contribution < 1.29 is 9.53 Å². The number of morpholine rings is 1. The highest BCUT2D eigenvalue weighted by molar-refractivity contribution is 5.88. The van der Waals surface area contributed by atoms with Gasteiger partial charge in [0, 0.05) is 37.6 Å². The van der Waals surface area contributed by atoms with Crippen LogP contribution in [0.4, 0.5) is 0 Å². The van der Waals surface area contributed by atoms with Crippen LogP contribution in [0.5, 0.6) is 0 Å². The van der Waals surface area contributed by atoms with Gasteiger partial charge in [0.2, 0.25) is 5.91 Å². The quantitative estimate of drug-likeness (QED) is 0.790. The molecule has 1 N–H and O–H groups in total. The molecule has 0 unspecified atom stereocenters. The van der Waals surface area contributed by atoms with Crippen molar-refractivity contribution in [2.24, 2.45) is 0 Å². The van der Waals surface area contributed by atoms with E-state index in [2.05, 4.69) is 22.2 Å². The maximum absolute atomic E-state index is 12.7. The van der Waals surface area contributed by atoms with Crippen LogP contribution < -0.4 is 10.9 Å². The van der Waals surface area contributed by atoms with E-state index in [9.17, 15) is 9.59 Å². The highest BCUT2D eigenvalue weighted by atomic mass is 16.5. The molecule has 3 rings (SSSR count). The van der Waals surface area contributed by atoms with Crippen LogP contribution in [0.2, 0.25) is 0 Å². The summed E-state index contributed by atoms with van der Waals surface area (Å²) in [6.45, 7) is 8.57. The van der Waals surface area contributed by atoms with Crippen molar-refractivity contribution in [1.29, 1.82) is 0 Å². The molecule has 0 radical (unpaired) electrons. The van der Waals surface area contributed by atoms with E-state index in [1.807, 2.05) is 25.1 Å². The fraction of sp³-hybridized carbons (Fsp3) is 0.550. The van der Waals surface area contributed by atoms with Crippen molar-refractivity contribution >= 4 is 16.7 Å². The van der Waals surface area contributed by atoms with E-state index in [0.29, 0.717) is 17.6 Å². The van der Waals surface area contributed by atoms with E-state index in [0.717, 1.165) is 44.7 Å². The molecule has 1 aromatic carbocycles. The summed E-state index contributed by atoms with van der Waals surface area (Å²) in [4.78, 5) is 27.4. The van der Waals surface area contributed by atoms with Gasteiger partial charge < -0.3 is 10.1 Å². The number of ether oxygens (including phenoxy) is 1. The number of nitrogens with zero attached hydrogens (tertiary/aromatic N) is 3. The standard InChI is InChI=1S/C20H28N4O3/c1-3-15(14-23-9-11-27-12-10-23)21-19(25)13-18-16-7-5-6-8-17(16)20(26)24(4-2)22-18/h5-8,15H,3-4,9-14H2,1-2H3,(H,21,25)/t15-/m1/s1. The number of hydrogen-bond acceptors (Lipinski definition) is 5. The van der Waals surface area contributed by atoms with Gasteiger partial charge in [-0.1, -0.05) is 25.1 Å². The minimum absolute atomic E-state index is 0.0611. The molecule has 0 bridgehead atoms. The zero-order valence-electron chi connectivity index (χ0n) is 16.1. The first-order valence-corrected chi connectivity index (χ1v) is 9.70. The zero-order chi connectivity index (χ0) is 19.2. The molecule has 1 aliphatic rings. The Kier molecular flexibility index (Phi) is 6.58. The van der Waals surface area contributed by atoms with Gasteiger partial charge in [-0.25, -0.2) is 4.68 Å². The Morgan fingerprint density at radius 3 is 2.59 bits per heavy atom. The minimum Gasteiger partial charge on any atom is -0.379 e. The third-order valence-corrected chi connectivity index (χ3v) is 5.01. The van der Waals surface area contributed by atoms with Crippen molar-refractivity contribution in [3.8, 4) is 0 Å². The summed E-state index contributed by atoms with van der Waals surface area (Å²) in [5.74, 6) is -0.0611. The Morgan fingerprint density at radius 2 is 1.93 bits per heavy atom. The van der Waals surface area contributed by atoms with Crippen LogP contribution in [-0.4, -0.2) is 59.5 Å². The lowest BCUT2D eigenvalue weighted by atomic mass is 10.1. The number of nitrogens with one attached hydrogen (secondary N) is 1. The predicted molar refractivity (Wildman–Crippen MR) is 105 cm³/mol. The van der Waals surface area contributed by atoms with Crippen molar-refractivity contribution in [3.63, 3.8) is 0 Å². The number of fused-ring (bicyclic) bond motifs is 1. The second-order valence-electron chi connectivity index (χ2n) is 6.88. The molecule has 7 heteroatoms. The van der Waals surface area contributed by atoms with Crippen LogP contribution >= 0.6 is 0 Å². The minimum atomic E-state index is -0.115. The summed E-state index contributed by atoms with van der Waals surface area (Å²) >= 11 is 0. The summed E-state index contributed by atoms with van der Waals surface area (Å²) < 4.78 is 6.81. The molecule has 1 amide bonds. The first-order chi connectivity index (χ1) is 13.1. The number of carbonyl (C=O) groups excluding carboxylic acids is 1. The Labute approximate surface area is 159 Å². The average molecular weight is 372 g/mol. The van der Waals surface area contributed by atoms with Gasteiger partial charge in [0.15, 0.2) is 0 Å². The highest BCUT2D eigenvalue weighted by Gasteiger charge is 2.19. The van der Waals surface area contributed by atoms with E-state index in [1.54, 1.807) is 6.07 Å². The van der Waals surface area contributed by atoms with Gasteiger partial charge in [-0.3, -0.25) is 14.5 Å². The smallest absolute Gasteiger partial charge is 0.274 e. The summed E-state index contributed by atoms with van der Waals surface area (Å²) in [6.07, 6.45) is 1.03. The van der Waals surface area contributed by atoms with Gasteiger partial charge in [-0.05, 0) is 19.4 Å². The molecule has 146 valence electrons. The monoisotopic (exact) mass is 372 g/mol. The third kappa shape index (κ3) is 4.73. The lowest BCUT2D eigenvalue weighted by molar-refractivity contribution is -0.121. The molecule has 0 saturated carbocycles. The summed E-state index contributed by atoms with van der Waals surface area (Å²) in [7, 11) is 0. The summed E-state index contributed by atoms with van der Waals surface area (Å²) in [5.41, 5.74) is 0.529. The second-order valence-corrected chi connectivity index (χ2v) is 6.88. The summed E-state index contributed by atoms with van der Waals surface area (Å²) in [6, 6.07) is 7.45. The fourth-order valence-corrected chi connectivity index (χ4v) is 3.45. The van der Waals surface area contributed by atoms with E-state index in [1.165, 1.54) is 4.68 Å². The van der Waals surface area contributed by atoms with E-state index < -0.39 is 0 Å². The van der Waals surface area contributed by atoms with Crippen molar-refractivity contribution in [2.75, 3.05) is 32.8 Å². The molecule has 2 heterocycles. The van der Waals surface area contributed by atoms with Gasteiger partial charge in [0.05, 0.1) is 30.7 Å². The molecular formula is C20H28N4O3. The number of benzene rings is 1. The van der Waals surface area contributed by atoms with Gasteiger partial charge in [-0.15, -0.1) is 0 Å². The SMILES string of the molecule is CC[C@H](CN1CCOCC1)NC(=O)Cc1nn(CC)c(=O)c2ccccc12. The maximum Gasteiger partial charge on any atom is 0.274 e. The molecule has 1 fully saturated rings. The van der Waals surface area contributed by atoms with Gasteiger partial charge in [0.25, 0.3) is 5.56 Å². The van der Waals surface area contributed by atoms with E-state index in [4.69, 9.17) is 4.74 Å². The van der Waals surface area contributed by atoms with Gasteiger partial charge >= 0.3 is 0 Å².